The van der Waals surface area contributed by atoms with Crippen LogP contribution in [0.15, 0.2) is 57.0 Å². The molecule has 3 nitrogen and oxygen atoms in total. The van der Waals surface area contributed by atoms with Gasteiger partial charge in [0.25, 0.3) is 0 Å². The first kappa shape index (κ1) is 12.3. The predicted molar refractivity (Wildman–Crippen MR) is 68.6 cm³/mol. The third-order valence-electron chi connectivity index (χ3n) is 2.39. The van der Waals surface area contributed by atoms with Crippen molar-refractivity contribution in [3.05, 3.63) is 52.8 Å². The average molecular weight is 312 g/mol. The molecule has 1 aromatic carbocycles. The molecular weight excluding hydrogens is 302 g/mol. The van der Waals surface area contributed by atoms with Gasteiger partial charge in [-0.3, -0.25) is 0 Å². The topological polar surface area (TPSA) is 47.0 Å². The first-order chi connectivity index (χ1) is 8.01. The normalized spacial score (nSPS) is 11.4. The van der Waals surface area contributed by atoms with Crippen molar-refractivity contribution in [1.29, 1.82) is 0 Å². The molecular formula is C12H10BrNO2S. The van der Waals surface area contributed by atoms with Crippen LogP contribution in [0.4, 0.5) is 0 Å². The Hall–Kier alpha value is -1.20. The molecule has 0 aliphatic rings. The largest absolute Gasteiger partial charge is 0.249 e. The van der Waals surface area contributed by atoms with E-state index in [4.69, 9.17) is 0 Å². The summed E-state index contributed by atoms with van der Waals surface area (Å²) in [6.07, 6.45) is 1.47. The van der Waals surface area contributed by atoms with Gasteiger partial charge in [0.05, 0.1) is 9.79 Å². The molecule has 0 saturated heterocycles. The number of benzene rings is 1. The molecule has 0 aliphatic heterocycles. The molecule has 1 heterocycles. The molecule has 0 radical (unpaired) electrons. The monoisotopic (exact) mass is 311 g/mol. The van der Waals surface area contributed by atoms with E-state index in [0.717, 1.165) is 5.56 Å². The summed E-state index contributed by atoms with van der Waals surface area (Å²) in [4.78, 5) is 4.50. The smallest absolute Gasteiger partial charge is 0.207 e. The minimum atomic E-state index is -3.46. The molecule has 88 valence electrons. The van der Waals surface area contributed by atoms with Crippen LogP contribution in [0.5, 0.6) is 0 Å². The van der Waals surface area contributed by atoms with Gasteiger partial charge in [-0.05, 0) is 46.6 Å². The lowest BCUT2D eigenvalue weighted by Crippen LogP contribution is -2.04. The Labute approximate surface area is 109 Å². The third kappa shape index (κ3) is 2.40. The van der Waals surface area contributed by atoms with Gasteiger partial charge in [-0.25, -0.2) is 13.4 Å². The van der Waals surface area contributed by atoms with Crippen molar-refractivity contribution in [2.24, 2.45) is 0 Å². The van der Waals surface area contributed by atoms with E-state index in [2.05, 4.69) is 20.9 Å². The van der Waals surface area contributed by atoms with Crippen molar-refractivity contribution in [3.8, 4) is 0 Å². The van der Waals surface area contributed by atoms with E-state index in [1.165, 1.54) is 18.3 Å². The standard InChI is InChI=1S/C12H10BrNO2S/c1-9-4-2-3-5-11(9)17(15,16)10-6-7-14-12(13)8-10/h2-8H,1H3. The highest BCUT2D eigenvalue weighted by atomic mass is 79.9. The maximum atomic E-state index is 12.4. The molecule has 0 fully saturated rings. The first-order valence-corrected chi connectivity index (χ1v) is 7.22. The second-order valence-corrected chi connectivity index (χ2v) is 6.31. The van der Waals surface area contributed by atoms with Crippen molar-refractivity contribution in [3.63, 3.8) is 0 Å². The number of rotatable bonds is 2. The predicted octanol–water partition coefficient (Wildman–Crippen LogP) is 2.99. The zero-order chi connectivity index (χ0) is 12.5. The van der Waals surface area contributed by atoms with Crippen molar-refractivity contribution in [1.82, 2.24) is 4.98 Å². The summed E-state index contributed by atoms with van der Waals surface area (Å²) >= 11 is 3.17. The number of hydrogen-bond acceptors (Lipinski definition) is 3. The van der Waals surface area contributed by atoms with E-state index in [-0.39, 0.29) is 4.90 Å². The highest BCUT2D eigenvalue weighted by Crippen LogP contribution is 2.24. The van der Waals surface area contributed by atoms with Crippen LogP contribution in [0.1, 0.15) is 5.56 Å². The van der Waals surface area contributed by atoms with E-state index in [1.54, 1.807) is 25.1 Å². The molecule has 1 aromatic heterocycles. The van der Waals surface area contributed by atoms with Crippen molar-refractivity contribution >= 4 is 25.8 Å². The molecule has 5 heteroatoms. The summed E-state index contributed by atoms with van der Waals surface area (Å²) in [6, 6.07) is 9.92. The summed E-state index contributed by atoms with van der Waals surface area (Å²) in [7, 11) is -3.46. The Kier molecular flexibility index (Phi) is 3.31. The minimum absolute atomic E-state index is 0.244. The number of nitrogens with zero attached hydrogens (tertiary/aromatic N) is 1. The van der Waals surface area contributed by atoms with Gasteiger partial charge in [0.1, 0.15) is 4.60 Å². The van der Waals surface area contributed by atoms with Gasteiger partial charge in [-0.15, -0.1) is 0 Å². The van der Waals surface area contributed by atoms with Crippen LogP contribution in [0.3, 0.4) is 0 Å². The zero-order valence-electron chi connectivity index (χ0n) is 9.09. The Balaban J connectivity index is 2.63. The Morgan fingerprint density at radius 2 is 1.88 bits per heavy atom. The quantitative estimate of drug-likeness (QED) is 0.801. The lowest BCUT2D eigenvalue weighted by Gasteiger charge is -2.07. The van der Waals surface area contributed by atoms with Crippen LogP contribution in [0.25, 0.3) is 0 Å². The molecule has 2 aromatic rings. The number of aryl methyl sites for hydroxylation is 1. The summed E-state index contributed by atoms with van der Waals surface area (Å²) in [5.74, 6) is 0. The minimum Gasteiger partial charge on any atom is -0.249 e. The molecule has 17 heavy (non-hydrogen) atoms. The van der Waals surface area contributed by atoms with Crippen LogP contribution < -0.4 is 0 Å². The molecule has 0 saturated carbocycles. The number of sulfone groups is 1. The van der Waals surface area contributed by atoms with Gasteiger partial charge >= 0.3 is 0 Å². The van der Waals surface area contributed by atoms with E-state index in [0.29, 0.717) is 9.50 Å². The maximum Gasteiger partial charge on any atom is 0.207 e. The SMILES string of the molecule is Cc1ccccc1S(=O)(=O)c1ccnc(Br)c1. The lowest BCUT2D eigenvalue weighted by atomic mass is 10.2. The van der Waals surface area contributed by atoms with Gasteiger partial charge in [0.15, 0.2) is 0 Å². The van der Waals surface area contributed by atoms with Crippen LogP contribution in [0.2, 0.25) is 0 Å². The Morgan fingerprint density at radius 3 is 2.53 bits per heavy atom. The fourth-order valence-corrected chi connectivity index (χ4v) is 3.56. The van der Waals surface area contributed by atoms with E-state index < -0.39 is 9.84 Å². The molecule has 0 aliphatic carbocycles. The molecule has 0 spiro atoms. The fourth-order valence-electron chi connectivity index (χ4n) is 1.54. The number of pyridine rings is 1. The fraction of sp³-hybridized carbons (Fsp3) is 0.0833. The zero-order valence-corrected chi connectivity index (χ0v) is 11.5. The Bertz CT molecular complexity index is 653. The molecule has 0 amide bonds. The molecule has 2 rings (SSSR count). The van der Waals surface area contributed by atoms with E-state index >= 15 is 0 Å². The summed E-state index contributed by atoms with van der Waals surface area (Å²) in [6.45, 7) is 1.78. The van der Waals surface area contributed by atoms with Crippen molar-refractivity contribution < 1.29 is 8.42 Å². The van der Waals surface area contributed by atoms with E-state index in [1.807, 2.05) is 6.07 Å². The lowest BCUT2D eigenvalue weighted by molar-refractivity contribution is 0.595. The van der Waals surface area contributed by atoms with Crippen LogP contribution in [-0.4, -0.2) is 13.4 Å². The van der Waals surface area contributed by atoms with Gasteiger partial charge in [-0.1, -0.05) is 18.2 Å². The third-order valence-corrected chi connectivity index (χ3v) is 4.74. The number of halogens is 1. The molecule has 0 N–H and O–H groups in total. The van der Waals surface area contributed by atoms with Crippen LogP contribution >= 0.6 is 15.9 Å². The number of aromatic nitrogens is 1. The molecule has 0 unspecified atom stereocenters. The Morgan fingerprint density at radius 1 is 1.18 bits per heavy atom. The van der Waals surface area contributed by atoms with Crippen LogP contribution in [-0.2, 0) is 9.84 Å². The van der Waals surface area contributed by atoms with Crippen molar-refractivity contribution in [2.75, 3.05) is 0 Å². The summed E-state index contributed by atoms with van der Waals surface area (Å²) < 4.78 is 25.2. The van der Waals surface area contributed by atoms with Gasteiger partial charge in [0.2, 0.25) is 9.84 Å². The van der Waals surface area contributed by atoms with Crippen molar-refractivity contribution in [2.45, 2.75) is 16.7 Å². The number of hydrogen-bond donors (Lipinski definition) is 0. The maximum absolute atomic E-state index is 12.4. The average Bonchev–Trinajstić information content (AvgIpc) is 2.29. The van der Waals surface area contributed by atoms with Crippen LogP contribution in [0, 0.1) is 6.92 Å². The second kappa shape index (κ2) is 4.58. The van der Waals surface area contributed by atoms with Gasteiger partial charge < -0.3 is 0 Å². The summed E-state index contributed by atoms with van der Waals surface area (Å²) in [5, 5.41) is 0. The first-order valence-electron chi connectivity index (χ1n) is 4.94. The van der Waals surface area contributed by atoms with Gasteiger partial charge in [-0.2, -0.15) is 0 Å². The highest BCUT2D eigenvalue weighted by Gasteiger charge is 2.19. The second-order valence-electron chi connectivity index (χ2n) is 3.58. The molecule has 0 bridgehead atoms. The van der Waals surface area contributed by atoms with Gasteiger partial charge in [0, 0.05) is 6.20 Å². The summed E-state index contributed by atoms with van der Waals surface area (Å²) in [5.41, 5.74) is 0.737. The van der Waals surface area contributed by atoms with E-state index in [9.17, 15) is 8.42 Å². The highest BCUT2D eigenvalue weighted by molar-refractivity contribution is 9.10. The molecule has 0 atom stereocenters.